The number of nitrogen functional groups attached to an aromatic ring is 1. The van der Waals surface area contributed by atoms with Crippen molar-refractivity contribution in [1.82, 2.24) is 20.3 Å². The molecule has 0 aliphatic heterocycles. The highest BCUT2D eigenvalue weighted by Gasteiger charge is 2.09. The number of nitrogens with one attached hydrogen (secondary N) is 1. The van der Waals surface area contributed by atoms with Crippen molar-refractivity contribution in [2.45, 2.75) is 39.5 Å². The van der Waals surface area contributed by atoms with Crippen molar-refractivity contribution in [2.75, 3.05) is 30.9 Å². The minimum atomic E-state index is -3.39. The third-order valence-electron chi connectivity index (χ3n) is 5.52. The monoisotopic (exact) mass is 596 g/mol. The lowest BCUT2D eigenvalue weighted by atomic mass is 10.2. The van der Waals surface area contributed by atoms with Gasteiger partial charge in [-0.05, 0) is 60.4 Å². The number of aromatic nitrogens is 4. The molecule has 2 aromatic heterocycles. The minimum absolute atomic E-state index is 0.370. The van der Waals surface area contributed by atoms with Crippen LogP contribution in [0.25, 0.3) is 24.3 Å². The molecule has 4 aromatic rings. The zero-order chi connectivity index (χ0) is 30.5. The average molecular weight is 597 g/mol. The van der Waals surface area contributed by atoms with E-state index in [1.54, 1.807) is 43.5 Å². The Hall–Kier alpha value is -4.65. The largest absolute Gasteiger partial charge is 0.495 e. The number of nitrogens with zero attached hydrogens (tertiary/aromatic N) is 4. The van der Waals surface area contributed by atoms with E-state index < -0.39 is 10.0 Å². The van der Waals surface area contributed by atoms with Gasteiger partial charge in [0.25, 0.3) is 11.8 Å². The van der Waals surface area contributed by atoms with Crippen LogP contribution in [0.2, 0.25) is 0 Å². The van der Waals surface area contributed by atoms with E-state index in [1.807, 2.05) is 31.2 Å². The Morgan fingerprint density at radius 2 is 1.31 bits per heavy atom. The molecule has 3 N–H and O–H groups in total. The highest BCUT2D eigenvalue weighted by molar-refractivity contribution is 7.92. The first-order valence-electron chi connectivity index (χ1n) is 13.2. The summed E-state index contributed by atoms with van der Waals surface area (Å²) >= 11 is 0. The van der Waals surface area contributed by atoms with Crippen molar-refractivity contribution in [3.63, 3.8) is 0 Å². The second-order valence-corrected chi connectivity index (χ2v) is 10.8. The molecule has 42 heavy (non-hydrogen) atoms. The Kier molecular flexibility index (Phi) is 11.7. The molecule has 0 unspecified atom stereocenters. The maximum atomic E-state index is 11.4. The number of sulfonamides is 1. The van der Waals surface area contributed by atoms with Crippen LogP contribution in [0.3, 0.4) is 0 Å². The number of anilines is 2. The van der Waals surface area contributed by atoms with E-state index in [0.29, 0.717) is 40.5 Å². The molecule has 0 bridgehead atoms. The van der Waals surface area contributed by atoms with E-state index in [4.69, 9.17) is 24.3 Å². The van der Waals surface area contributed by atoms with Crippen molar-refractivity contribution in [1.29, 1.82) is 0 Å². The number of hydrogen-bond acceptors (Lipinski definition) is 11. The molecule has 0 spiro atoms. The summed E-state index contributed by atoms with van der Waals surface area (Å²) in [4.78, 5) is 8.48. The summed E-state index contributed by atoms with van der Waals surface area (Å²) in [7, 11) is -0.321. The third kappa shape index (κ3) is 10.1. The van der Waals surface area contributed by atoms with Gasteiger partial charge >= 0.3 is 0 Å². The minimum Gasteiger partial charge on any atom is -0.495 e. The summed E-state index contributed by atoms with van der Waals surface area (Å²) in [6.07, 6.45) is 11.7. The van der Waals surface area contributed by atoms with Gasteiger partial charge < -0.3 is 24.3 Å². The van der Waals surface area contributed by atoms with Crippen molar-refractivity contribution in [3.8, 4) is 11.5 Å². The van der Waals surface area contributed by atoms with Gasteiger partial charge in [0.15, 0.2) is 11.6 Å². The molecule has 0 atom stereocenters. The van der Waals surface area contributed by atoms with Gasteiger partial charge in [-0.1, -0.05) is 36.3 Å². The van der Waals surface area contributed by atoms with Crippen LogP contribution in [-0.2, 0) is 22.9 Å². The summed E-state index contributed by atoms with van der Waals surface area (Å²) in [5.74, 6) is 3.41. The van der Waals surface area contributed by atoms with Crippen LogP contribution in [-0.4, -0.2) is 49.2 Å². The van der Waals surface area contributed by atoms with Gasteiger partial charge in [0.2, 0.25) is 10.0 Å². The van der Waals surface area contributed by atoms with Crippen LogP contribution in [0, 0.1) is 0 Å². The number of methoxy groups -OCH3 is 2. The first-order chi connectivity index (χ1) is 20.1. The molecule has 0 saturated heterocycles. The van der Waals surface area contributed by atoms with E-state index in [2.05, 4.69) is 31.9 Å². The van der Waals surface area contributed by atoms with Crippen LogP contribution >= 0.6 is 0 Å². The number of ether oxygens (including phenoxy) is 2. The molecule has 0 radical (unpaired) electrons. The summed E-state index contributed by atoms with van der Waals surface area (Å²) in [6.45, 7) is 4.12. The van der Waals surface area contributed by atoms with Crippen molar-refractivity contribution in [3.05, 3.63) is 71.0 Å². The molecule has 2 heterocycles. The molecule has 0 aliphatic carbocycles. The number of rotatable bonds is 12. The first kappa shape index (κ1) is 31.9. The van der Waals surface area contributed by atoms with E-state index in [0.717, 1.165) is 48.9 Å². The Morgan fingerprint density at radius 3 is 1.76 bits per heavy atom. The van der Waals surface area contributed by atoms with E-state index >= 15 is 0 Å². The van der Waals surface area contributed by atoms with Crippen LogP contribution in [0.4, 0.5) is 11.4 Å². The lowest BCUT2D eigenvalue weighted by molar-refractivity contribution is 0.402. The highest BCUT2D eigenvalue weighted by atomic mass is 32.2. The Labute approximate surface area is 245 Å². The number of benzene rings is 2. The summed E-state index contributed by atoms with van der Waals surface area (Å²) in [5.41, 5.74) is 8.53. The Balaban J connectivity index is 0.000000235. The lowest BCUT2D eigenvalue weighted by Gasteiger charge is -2.10. The molecular formula is C29H36N6O6S. The van der Waals surface area contributed by atoms with Gasteiger partial charge in [0, 0.05) is 25.0 Å². The predicted molar refractivity (Wildman–Crippen MR) is 163 cm³/mol. The van der Waals surface area contributed by atoms with Gasteiger partial charge in [-0.3, -0.25) is 4.72 Å². The fraction of sp³-hybridized carbons (Fsp3) is 0.310. The molecule has 0 fully saturated rings. The maximum Gasteiger partial charge on any atom is 0.250 e. The molecule has 224 valence electrons. The normalized spacial score (nSPS) is 11.5. The van der Waals surface area contributed by atoms with Crippen molar-refractivity contribution in [2.24, 2.45) is 0 Å². The standard InChI is InChI=1S/C15H19N3O4S.C14H17N3O2/c1-4-5-14-16-15(22-17-14)9-7-11-6-8-13(21-2)12(10-11)18-23(3,19)20;1-3-4-13-16-14(19-17-13)8-6-10-5-7-12(18-2)11(15)9-10/h6-10,18H,4-5H2,1-3H3;5-9H,3-4,15H2,1-2H3. The molecule has 13 heteroatoms. The second-order valence-electron chi connectivity index (χ2n) is 9.10. The summed E-state index contributed by atoms with van der Waals surface area (Å²) in [6, 6.07) is 10.7. The first-order valence-corrected chi connectivity index (χ1v) is 15.1. The molecule has 0 amide bonds. The van der Waals surface area contributed by atoms with Crippen LogP contribution < -0.4 is 19.9 Å². The second kappa shape index (κ2) is 15.4. The summed E-state index contributed by atoms with van der Waals surface area (Å²) in [5, 5.41) is 7.74. The van der Waals surface area contributed by atoms with Crippen molar-refractivity contribution < 1.29 is 26.9 Å². The maximum absolute atomic E-state index is 11.4. The molecule has 2 aromatic carbocycles. The zero-order valence-electron chi connectivity index (χ0n) is 24.3. The zero-order valence-corrected chi connectivity index (χ0v) is 25.1. The third-order valence-corrected chi connectivity index (χ3v) is 6.11. The number of aryl methyl sites for hydroxylation is 2. The molecule has 12 nitrogen and oxygen atoms in total. The smallest absolute Gasteiger partial charge is 0.250 e. The van der Waals surface area contributed by atoms with Gasteiger partial charge in [-0.25, -0.2) is 8.42 Å². The number of nitrogens with two attached hydrogens (primary N) is 1. The van der Waals surface area contributed by atoms with Gasteiger partial charge in [0.05, 0.1) is 31.9 Å². The van der Waals surface area contributed by atoms with Crippen molar-refractivity contribution >= 4 is 45.7 Å². The van der Waals surface area contributed by atoms with Gasteiger partial charge in [-0.2, -0.15) is 9.97 Å². The predicted octanol–water partition coefficient (Wildman–Crippen LogP) is 5.36. The highest BCUT2D eigenvalue weighted by Crippen LogP contribution is 2.27. The summed E-state index contributed by atoms with van der Waals surface area (Å²) < 4.78 is 45.7. The SMILES string of the molecule is CCCc1noc(C=Cc2ccc(OC)c(N)c2)n1.CCCc1noc(C=Cc2ccc(OC)c(NS(C)(=O)=O)c2)n1. The molecule has 0 aliphatic rings. The Bertz CT molecular complexity index is 1610. The fourth-order valence-corrected chi connectivity index (χ4v) is 4.18. The average Bonchev–Trinajstić information content (AvgIpc) is 3.60. The van der Waals surface area contributed by atoms with Gasteiger partial charge in [0.1, 0.15) is 11.5 Å². The molecule has 0 saturated carbocycles. The van der Waals surface area contributed by atoms with Gasteiger partial charge in [-0.15, -0.1) is 0 Å². The molecular weight excluding hydrogens is 560 g/mol. The topological polar surface area (TPSA) is 168 Å². The quantitative estimate of drug-likeness (QED) is 0.202. The van der Waals surface area contributed by atoms with Crippen LogP contribution in [0.1, 0.15) is 61.2 Å². The van der Waals surface area contributed by atoms with E-state index in [9.17, 15) is 8.42 Å². The van der Waals surface area contributed by atoms with E-state index in [1.165, 1.54) is 7.11 Å². The lowest BCUT2D eigenvalue weighted by Crippen LogP contribution is -2.10. The van der Waals surface area contributed by atoms with Crippen LogP contribution in [0.5, 0.6) is 11.5 Å². The number of hydrogen-bond donors (Lipinski definition) is 2. The van der Waals surface area contributed by atoms with E-state index in [-0.39, 0.29) is 0 Å². The molecule has 4 rings (SSSR count). The van der Waals surface area contributed by atoms with Crippen LogP contribution in [0.15, 0.2) is 45.4 Å². The Morgan fingerprint density at radius 1 is 0.810 bits per heavy atom. The fourth-order valence-electron chi connectivity index (χ4n) is 3.62.